The molecule has 0 radical (unpaired) electrons. The number of amides is 2. The molecule has 0 bridgehead atoms. The Bertz CT molecular complexity index is 1400. The molecule has 0 saturated carbocycles. The van der Waals surface area contributed by atoms with Crippen LogP contribution in [0.3, 0.4) is 0 Å². The number of nitrogens with one attached hydrogen (secondary N) is 1. The van der Waals surface area contributed by atoms with Gasteiger partial charge in [0.25, 0.3) is 5.91 Å². The van der Waals surface area contributed by atoms with Crippen LogP contribution in [0.4, 0.5) is 5.69 Å². The van der Waals surface area contributed by atoms with E-state index in [0.29, 0.717) is 35.2 Å². The van der Waals surface area contributed by atoms with Crippen molar-refractivity contribution in [3.8, 4) is 0 Å². The molecule has 3 aromatic carbocycles. The van der Waals surface area contributed by atoms with Crippen LogP contribution < -0.4 is 15.4 Å². The first-order valence-electron chi connectivity index (χ1n) is 12.4. The fraction of sp³-hybridized carbons (Fsp3) is 0.286. The molecule has 0 spiro atoms. The normalized spacial score (nSPS) is 15.0. The molecule has 206 valence electrons. The molecule has 1 fully saturated rings. The lowest BCUT2D eigenvalue weighted by atomic mass is 9.93. The van der Waals surface area contributed by atoms with Gasteiger partial charge >= 0.3 is 0 Å². The first kappa shape index (κ1) is 28.9. The highest BCUT2D eigenvalue weighted by Gasteiger charge is 2.40. The number of benzene rings is 3. The molecule has 0 aromatic heterocycles. The highest BCUT2D eigenvalue weighted by Crippen LogP contribution is 2.36. The lowest BCUT2D eigenvalue weighted by Crippen LogP contribution is -2.61. The monoisotopic (exact) mass is 588 g/mol. The molecule has 2 amide bonds. The van der Waals surface area contributed by atoms with Crippen LogP contribution in [-0.2, 0) is 14.8 Å². The summed E-state index contributed by atoms with van der Waals surface area (Å²) in [6, 6.07) is 20.2. The van der Waals surface area contributed by atoms with Crippen molar-refractivity contribution in [1.82, 2.24) is 10.2 Å². The van der Waals surface area contributed by atoms with Gasteiger partial charge in [0.15, 0.2) is 0 Å². The van der Waals surface area contributed by atoms with Crippen LogP contribution in [0.15, 0.2) is 72.8 Å². The molecular weight excluding hydrogens is 559 g/mol. The Balaban J connectivity index is 1.59. The van der Waals surface area contributed by atoms with Crippen LogP contribution in [-0.4, -0.2) is 56.6 Å². The van der Waals surface area contributed by atoms with Crippen LogP contribution in [0.1, 0.15) is 40.9 Å². The van der Waals surface area contributed by atoms with E-state index in [1.165, 1.54) is 10.4 Å². The first-order chi connectivity index (χ1) is 18.5. The maximum Gasteiger partial charge on any atom is 0.252 e. The maximum atomic E-state index is 13.0. The summed E-state index contributed by atoms with van der Waals surface area (Å²) in [7, 11) is -3.69. The zero-order chi connectivity index (χ0) is 28.3. The second kappa shape index (κ2) is 12.0. The van der Waals surface area contributed by atoms with E-state index >= 15 is 0 Å². The number of hydrogen-bond acceptors (Lipinski definition) is 5. The minimum absolute atomic E-state index is 0.130. The molecular formula is C28H30Cl2N4O4S. The third-order valence-electron chi connectivity index (χ3n) is 6.74. The summed E-state index contributed by atoms with van der Waals surface area (Å²) in [5.41, 5.74) is 7.99. The molecule has 0 aliphatic carbocycles. The fourth-order valence-electron chi connectivity index (χ4n) is 4.82. The van der Waals surface area contributed by atoms with Gasteiger partial charge < -0.3 is 11.1 Å². The van der Waals surface area contributed by atoms with Gasteiger partial charge in [-0.2, -0.15) is 0 Å². The topological polar surface area (TPSA) is 113 Å². The van der Waals surface area contributed by atoms with E-state index in [1.54, 1.807) is 25.1 Å². The molecule has 4 rings (SSSR count). The lowest BCUT2D eigenvalue weighted by Gasteiger charge is -2.48. The van der Waals surface area contributed by atoms with E-state index in [1.807, 2.05) is 48.5 Å². The summed E-state index contributed by atoms with van der Waals surface area (Å²) in [6.07, 6.45) is 1.50. The van der Waals surface area contributed by atoms with Crippen molar-refractivity contribution in [1.29, 1.82) is 0 Å². The van der Waals surface area contributed by atoms with Gasteiger partial charge in [0, 0.05) is 28.7 Å². The molecule has 1 atom stereocenters. The number of primary amides is 1. The van der Waals surface area contributed by atoms with E-state index in [2.05, 4.69) is 10.2 Å². The van der Waals surface area contributed by atoms with Gasteiger partial charge in [-0.3, -0.25) is 18.8 Å². The molecule has 1 aliphatic rings. The van der Waals surface area contributed by atoms with Crippen LogP contribution in [0, 0.1) is 0 Å². The molecule has 3 aromatic rings. The molecule has 1 saturated heterocycles. The van der Waals surface area contributed by atoms with Crippen molar-refractivity contribution in [2.45, 2.75) is 31.5 Å². The van der Waals surface area contributed by atoms with Crippen molar-refractivity contribution >= 4 is 50.7 Å². The number of hydrogen-bond donors (Lipinski definition) is 2. The third kappa shape index (κ3) is 6.73. The summed E-state index contributed by atoms with van der Waals surface area (Å²) < 4.78 is 27.3. The Hall–Kier alpha value is -3.11. The van der Waals surface area contributed by atoms with Crippen LogP contribution in [0.2, 0.25) is 10.0 Å². The van der Waals surface area contributed by atoms with E-state index in [9.17, 15) is 18.0 Å². The van der Waals surface area contributed by atoms with Gasteiger partial charge in [-0.05, 0) is 60.0 Å². The molecule has 39 heavy (non-hydrogen) atoms. The number of halogens is 2. The summed E-state index contributed by atoms with van der Waals surface area (Å²) in [5, 5.41) is 3.86. The van der Waals surface area contributed by atoms with Crippen molar-refractivity contribution in [2.24, 2.45) is 5.73 Å². The Morgan fingerprint density at radius 1 is 1.00 bits per heavy atom. The van der Waals surface area contributed by atoms with Crippen LogP contribution >= 0.6 is 23.2 Å². The second-order valence-corrected chi connectivity index (χ2v) is 12.3. The van der Waals surface area contributed by atoms with Crippen molar-refractivity contribution in [3.63, 3.8) is 0 Å². The van der Waals surface area contributed by atoms with Gasteiger partial charge in [0.05, 0.1) is 24.0 Å². The van der Waals surface area contributed by atoms with E-state index in [-0.39, 0.29) is 17.6 Å². The van der Waals surface area contributed by atoms with E-state index in [4.69, 9.17) is 28.9 Å². The van der Waals surface area contributed by atoms with E-state index in [0.717, 1.165) is 17.4 Å². The van der Waals surface area contributed by atoms with Gasteiger partial charge in [-0.1, -0.05) is 60.5 Å². The molecule has 1 heterocycles. The summed E-state index contributed by atoms with van der Waals surface area (Å²) in [6.45, 7) is 2.65. The molecule has 8 nitrogen and oxygen atoms in total. The minimum Gasteiger partial charge on any atom is -0.368 e. The van der Waals surface area contributed by atoms with Gasteiger partial charge in [0.2, 0.25) is 15.9 Å². The SMILES string of the molecule is CC[C@H](NC(=O)c1cccc(N(C2CN(C(c3ccc(Cl)cc3)c3ccc(Cl)cc3)C2)S(C)(=O)=O)c1)C(N)=O. The Labute approximate surface area is 238 Å². The van der Waals surface area contributed by atoms with E-state index < -0.39 is 27.9 Å². The summed E-state index contributed by atoms with van der Waals surface area (Å²) >= 11 is 12.2. The predicted molar refractivity (Wildman–Crippen MR) is 155 cm³/mol. The second-order valence-electron chi connectivity index (χ2n) is 9.56. The largest absolute Gasteiger partial charge is 0.368 e. The standard InChI is InChI=1S/C28H30Cl2N4O4S/c1-3-25(27(31)35)32-28(36)20-5-4-6-23(15-20)34(39(2,37)38)24-16-33(17-24)26(18-7-11-21(29)12-8-18)19-9-13-22(30)14-10-19/h4-15,24-26H,3,16-17H2,1-2H3,(H2,31,35)(H,32,36)/t25-/m0/s1. The molecule has 1 aliphatic heterocycles. The molecule has 0 unspecified atom stereocenters. The Morgan fingerprint density at radius 2 is 1.54 bits per heavy atom. The summed E-state index contributed by atoms with van der Waals surface area (Å²) in [4.78, 5) is 26.5. The lowest BCUT2D eigenvalue weighted by molar-refractivity contribution is -0.119. The Morgan fingerprint density at radius 3 is 2.00 bits per heavy atom. The number of sulfonamides is 1. The number of carbonyl (C=O) groups is 2. The number of nitrogens with zero attached hydrogens (tertiary/aromatic N) is 2. The number of anilines is 1. The number of carbonyl (C=O) groups excluding carboxylic acids is 2. The zero-order valence-electron chi connectivity index (χ0n) is 21.6. The number of likely N-dealkylation sites (tertiary alicyclic amines) is 1. The average Bonchev–Trinajstić information content (AvgIpc) is 2.86. The van der Waals surface area contributed by atoms with Crippen LogP contribution in [0.25, 0.3) is 0 Å². The summed E-state index contributed by atoms with van der Waals surface area (Å²) in [5.74, 6) is -1.14. The highest BCUT2D eigenvalue weighted by atomic mass is 35.5. The third-order valence-corrected chi connectivity index (χ3v) is 8.46. The average molecular weight is 590 g/mol. The minimum atomic E-state index is -3.69. The van der Waals surface area contributed by atoms with Gasteiger partial charge in [-0.25, -0.2) is 8.42 Å². The van der Waals surface area contributed by atoms with Crippen molar-refractivity contribution in [3.05, 3.63) is 99.5 Å². The number of rotatable bonds is 10. The van der Waals surface area contributed by atoms with Crippen LogP contribution in [0.5, 0.6) is 0 Å². The van der Waals surface area contributed by atoms with Crippen molar-refractivity contribution < 1.29 is 18.0 Å². The quantitative estimate of drug-likeness (QED) is 0.368. The number of nitrogens with two attached hydrogens (primary N) is 1. The maximum absolute atomic E-state index is 13.0. The Kier molecular flexibility index (Phi) is 8.86. The molecule has 3 N–H and O–H groups in total. The van der Waals surface area contributed by atoms with Crippen molar-refractivity contribution in [2.75, 3.05) is 23.7 Å². The highest BCUT2D eigenvalue weighted by molar-refractivity contribution is 7.92. The van der Waals surface area contributed by atoms with Gasteiger partial charge in [-0.15, -0.1) is 0 Å². The molecule has 11 heteroatoms. The smallest absolute Gasteiger partial charge is 0.252 e. The predicted octanol–water partition coefficient (Wildman–Crippen LogP) is 4.23. The van der Waals surface area contributed by atoms with Gasteiger partial charge in [0.1, 0.15) is 6.04 Å². The fourth-order valence-corrected chi connectivity index (χ4v) is 6.25. The first-order valence-corrected chi connectivity index (χ1v) is 15.0. The zero-order valence-corrected chi connectivity index (χ0v) is 23.9.